The molecule has 163 valence electrons. The van der Waals surface area contributed by atoms with Gasteiger partial charge in [0.1, 0.15) is 5.78 Å². The molecule has 0 saturated carbocycles. The molecule has 1 heterocycles. The third kappa shape index (κ3) is 13.9. The second kappa shape index (κ2) is 15.0. The summed E-state index contributed by atoms with van der Waals surface area (Å²) in [6.07, 6.45) is 0. The molecule has 1 radical (unpaired) electrons. The van der Waals surface area contributed by atoms with E-state index in [1.54, 1.807) is 9.80 Å². The van der Waals surface area contributed by atoms with Gasteiger partial charge >= 0.3 is 11.9 Å². The number of carbonyl (C=O) groups excluding carboxylic acids is 1. The number of carboxylic acids is 2. The first-order valence-corrected chi connectivity index (χ1v) is 9.35. The SMILES string of the molecule is C=C(O)CN1CCN(CC(=O)O)CCN(CC(C)=O)CCN(CC(=O)O)CC1.[Y]. The fourth-order valence-electron chi connectivity index (χ4n) is 3.17. The second-order valence-electron chi connectivity index (χ2n) is 7.16. The summed E-state index contributed by atoms with van der Waals surface area (Å²) in [6.45, 7) is 9.27. The molecule has 0 atom stereocenters. The van der Waals surface area contributed by atoms with Crippen LogP contribution in [0.4, 0.5) is 0 Å². The number of ketones is 1. The molecule has 10 nitrogen and oxygen atoms in total. The van der Waals surface area contributed by atoms with Gasteiger partial charge in [0.2, 0.25) is 0 Å². The summed E-state index contributed by atoms with van der Waals surface area (Å²) in [4.78, 5) is 41.4. The summed E-state index contributed by atoms with van der Waals surface area (Å²) < 4.78 is 0. The maximum atomic E-state index is 11.6. The van der Waals surface area contributed by atoms with Crippen molar-refractivity contribution in [3.63, 3.8) is 0 Å². The third-order valence-electron chi connectivity index (χ3n) is 4.50. The molecule has 1 saturated heterocycles. The first-order chi connectivity index (χ1) is 13.2. The number of hydrogen-bond acceptors (Lipinski definition) is 8. The van der Waals surface area contributed by atoms with Gasteiger partial charge in [0, 0.05) is 85.1 Å². The summed E-state index contributed by atoms with van der Waals surface area (Å²) >= 11 is 0. The Balaban J connectivity index is 0.00000784. The van der Waals surface area contributed by atoms with Gasteiger partial charge in [0.15, 0.2) is 0 Å². The Kier molecular flexibility index (Phi) is 14.5. The number of rotatable bonds is 8. The Bertz CT molecular complexity index is 450. The molecule has 0 aromatic heterocycles. The van der Waals surface area contributed by atoms with Crippen LogP contribution >= 0.6 is 0 Å². The second-order valence-corrected chi connectivity index (χ2v) is 7.16. The van der Waals surface area contributed by atoms with Crippen LogP contribution in [0.2, 0.25) is 0 Å². The van der Waals surface area contributed by atoms with E-state index >= 15 is 0 Å². The number of aliphatic hydroxyl groups excluding tert-OH is 1. The number of aliphatic carboxylic acids is 2. The summed E-state index contributed by atoms with van der Waals surface area (Å²) in [7, 11) is 0. The summed E-state index contributed by atoms with van der Waals surface area (Å²) in [5.74, 6) is -1.82. The molecule has 1 aliphatic heterocycles. The van der Waals surface area contributed by atoms with Gasteiger partial charge in [-0.3, -0.25) is 34.0 Å². The monoisotopic (exact) mass is 489 g/mol. The average Bonchev–Trinajstić information content (AvgIpc) is 2.55. The fourth-order valence-corrected chi connectivity index (χ4v) is 3.17. The van der Waals surface area contributed by atoms with Crippen LogP contribution in [0.15, 0.2) is 12.3 Å². The Morgan fingerprint density at radius 3 is 1.17 bits per heavy atom. The number of nitrogens with zero attached hydrogens (tertiary/aromatic N) is 4. The quantitative estimate of drug-likeness (QED) is 0.367. The Morgan fingerprint density at radius 2 is 0.931 bits per heavy atom. The van der Waals surface area contributed by atoms with Crippen LogP contribution in [0.25, 0.3) is 0 Å². The molecule has 0 unspecified atom stereocenters. The number of aliphatic hydroxyl groups is 1. The number of carboxylic acid groups (broad SMARTS) is 2. The largest absolute Gasteiger partial charge is 0.512 e. The third-order valence-corrected chi connectivity index (χ3v) is 4.50. The molecule has 0 aliphatic carbocycles. The zero-order chi connectivity index (χ0) is 21.1. The van der Waals surface area contributed by atoms with Gasteiger partial charge in [-0.2, -0.15) is 0 Å². The van der Waals surface area contributed by atoms with Crippen molar-refractivity contribution in [1.82, 2.24) is 19.6 Å². The summed E-state index contributed by atoms with van der Waals surface area (Å²) in [5, 5.41) is 27.9. The van der Waals surface area contributed by atoms with Crippen molar-refractivity contribution in [2.75, 3.05) is 78.5 Å². The minimum Gasteiger partial charge on any atom is -0.512 e. The minimum atomic E-state index is -0.920. The number of Topliss-reactive ketones (excluding diaryl/α,β-unsaturated/α-hetero) is 1. The Labute approximate surface area is 197 Å². The predicted octanol–water partition coefficient (Wildman–Crippen LogP) is -0.965. The molecular weight excluding hydrogens is 457 g/mol. The van der Waals surface area contributed by atoms with Crippen LogP contribution in [0.3, 0.4) is 0 Å². The van der Waals surface area contributed by atoms with E-state index in [1.807, 2.05) is 9.80 Å². The van der Waals surface area contributed by atoms with Gasteiger partial charge in [0.25, 0.3) is 0 Å². The van der Waals surface area contributed by atoms with Crippen LogP contribution in [0, 0.1) is 0 Å². The average molecular weight is 489 g/mol. The van der Waals surface area contributed by atoms with E-state index < -0.39 is 11.9 Å². The normalized spacial score (nSPS) is 18.8. The van der Waals surface area contributed by atoms with E-state index in [2.05, 4.69) is 6.58 Å². The molecule has 3 N–H and O–H groups in total. The van der Waals surface area contributed by atoms with Crippen molar-refractivity contribution < 1.29 is 62.4 Å². The zero-order valence-corrected chi connectivity index (χ0v) is 20.0. The molecule has 0 bridgehead atoms. The van der Waals surface area contributed by atoms with E-state index in [4.69, 9.17) is 10.2 Å². The first kappa shape index (κ1) is 28.1. The van der Waals surface area contributed by atoms with Crippen LogP contribution in [0.1, 0.15) is 6.92 Å². The van der Waals surface area contributed by atoms with Gasteiger partial charge < -0.3 is 15.3 Å². The van der Waals surface area contributed by atoms with E-state index in [1.165, 1.54) is 6.92 Å². The van der Waals surface area contributed by atoms with E-state index in [0.717, 1.165) is 0 Å². The standard InChI is InChI=1S/C18H32N4O6.Y/c1-15(23)11-19-3-7-21(13-17(25)26)9-5-20(12-16(2)24)6-10-22(8-4-19)14-18(27)28;/h23H,1,3-14H2,2H3,(H,25,26)(H,27,28);. The van der Waals surface area contributed by atoms with E-state index in [9.17, 15) is 19.5 Å². The van der Waals surface area contributed by atoms with Gasteiger partial charge in [0.05, 0.1) is 31.9 Å². The van der Waals surface area contributed by atoms with Crippen molar-refractivity contribution >= 4 is 17.7 Å². The molecular formula is C18H32N4O6Y. The van der Waals surface area contributed by atoms with Crippen molar-refractivity contribution in [2.45, 2.75) is 6.92 Å². The first-order valence-electron chi connectivity index (χ1n) is 9.35. The molecule has 0 spiro atoms. The van der Waals surface area contributed by atoms with E-state index in [0.29, 0.717) is 52.4 Å². The molecule has 1 aliphatic rings. The van der Waals surface area contributed by atoms with Crippen molar-refractivity contribution in [1.29, 1.82) is 0 Å². The van der Waals surface area contributed by atoms with Crippen LogP contribution in [0.5, 0.6) is 0 Å². The molecule has 29 heavy (non-hydrogen) atoms. The Hall–Kier alpha value is -0.906. The molecule has 1 rings (SSSR count). The number of hydrogen-bond donors (Lipinski definition) is 3. The molecule has 0 aromatic carbocycles. The molecule has 0 aromatic rings. The van der Waals surface area contributed by atoms with Gasteiger partial charge in [-0.15, -0.1) is 0 Å². The fraction of sp³-hybridized carbons (Fsp3) is 0.722. The zero-order valence-electron chi connectivity index (χ0n) is 17.1. The summed E-state index contributed by atoms with van der Waals surface area (Å²) in [6, 6.07) is 0. The van der Waals surface area contributed by atoms with Crippen molar-refractivity contribution in [2.24, 2.45) is 0 Å². The topological polar surface area (TPSA) is 125 Å². The molecule has 11 heteroatoms. The van der Waals surface area contributed by atoms with Crippen LogP contribution < -0.4 is 0 Å². The van der Waals surface area contributed by atoms with Crippen molar-refractivity contribution in [3.8, 4) is 0 Å². The van der Waals surface area contributed by atoms with Crippen LogP contribution in [-0.4, -0.2) is 131 Å². The van der Waals surface area contributed by atoms with Crippen LogP contribution in [-0.2, 0) is 47.1 Å². The molecule has 0 amide bonds. The summed E-state index contributed by atoms with van der Waals surface area (Å²) in [5.41, 5.74) is 0. The maximum absolute atomic E-state index is 11.6. The van der Waals surface area contributed by atoms with Gasteiger partial charge in [-0.1, -0.05) is 6.58 Å². The van der Waals surface area contributed by atoms with Gasteiger partial charge in [-0.25, -0.2) is 0 Å². The predicted molar refractivity (Wildman–Crippen MR) is 103 cm³/mol. The van der Waals surface area contributed by atoms with Gasteiger partial charge in [-0.05, 0) is 6.92 Å². The van der Waals surface area contributed by atoms with E-state index in [-0.39, 0.29) is 70.4 Å². The Morgan fingerprint density at radius 1 is 0.655 bits per heavy atom. The van der Waals surface area contributed by atoms with Crippen molar-refractivity contribution in [3.05, 3.63) is 12.3 Å². The minimum absolute atomic E-state index is 0. The number of carbonyl (C=O) groups is 3. The molecule has 1 fully saturated rings. The smallest absolute Gasteiger partial charge is 0.317 e. The maximum Gasteiger partial charge on any atom is 0.317 e.